The van der Waals surface area contributed by atoms with Crippen molar-refractivity contribution in [3.63, 3.8) is 0 Å². The predicted octanol–water partition coefficient (Wildman–Crippen LogP) is 3.18. The van der Waals surface area contributed by atoms with Gasteiger partial charge in [-0.1, -0.05) is 38.2 Å². The Bertz CT molecular complexity index is 177. The first-order valence-electron chi connectivity index (χ1n) is 3.99. The Hall–Kier alpha value is -0.850. The molecule has 0 saturated carbocycles. The maximum Gasteiger partial charge on any atom is 0.0124 e. The predicted molar refractivity (Wildman–Crippen MR) is 51.1 cm³/mol. The summed E-state index contributed by atoms with van der Waals surface area (Å²) in [5.41, 5.74) is 1.82. The Morgan fingerprint density at radius 3 is 2.55 bits per heavy atom. The lowest BCUT2D eigenvalue weighted by Crippen LogP contribution is -2.00. The van der Waals surface area contributed by atoms with Gasteiger partial charge in [0.15, 0.2) is 0 Å². The van der Waals surface area contributed by atoms with Crippen LogP contribution in [0.2, 0.25) is 0 Å². The Kier molecular flexibility index (Phi) is 4.51. The molecule has 0 bridgehead atoms. The molecule has 1 nitrogen and oxygen atoms in total. The molecule has 1 unspecified atom stereocenters. The van der Waals surface area contributed by atoms with E-state index in [4.69, 9.17) is 5.41 Å². The number of hydrogen-bond donors (Lipinski definition) is 1. The molecule has 0 radical (unpaired) electrons. The van der Waals surface area contributed by atoms with E-state index in [1.165, 1.54) is 0 Å². The quantitative estimate of drug-likeness (QED) is 0.471. The summed E-state index contributed by atoms with van der Waals surface area (Å²) in [5, 5.41) is 7.32. The summed E-state index contributed by atoms with van der Waals surface area (Å²) >= 11 is 0. The van der Waals surface area contributed by atoms with E-state index in [1.54, 1.807) is 0 Å². The zero-order valence-electron chi connectivity index (χ0n) is 7.65. The first-order chi connectivity index (χ1) is 5.07. The second-order valence-corrected chi connectivity index (χ2v) is 2.84. The van der Waals surface area contributed by atoms with Crippen LogP contribution in [0, 0.1) is 11.3 Å². The van der Waals surface area contributed by atoms with Gasteiger partial charge in [-0.05, 0) is 13.3 Å². The number of hydrogen-bond acceptors (Lipinski definition) is 1. The van der Waals surface area contributed by atoms with E-state index < -0.39 is 0 Å². The van der Waals surface area contributed by atoms with Gasteiger partial charge in [0.25, 0.3) is 0 Å². The highest BCUT2D eigenvalue weighted by atomic mass is 14.4. The molecular weight excluding hydrogens is 134 g/mol. The van der Waals surface area contributed by atoms with Gasteiger partial charge in [0.1, 0.15) is 0 Å². The molecule has 0 heterocycles. The van der Waals surface area contributed by atoms with Crippen molar-refractivity contribution in [2.45, 2.75) is 27.2 Å². The SMILES string of the molecule is C=C(/C=C\C(C)C(C)=N)CC. The van der Waals surface area contributed by atoms with Crippen LogP contribution < -0.4 is 0 Å². The molecule has 0 aromatic carbocycles. The lowest BCUT2D eigenvalue weighted by molar-refractivity contribution is 0.972. The second-order valence-electron chi connectivity index (χ2n) is 2.84. The molecular formula is C10H17N. The van der Waals surface area contributed by atoms with E-state index in [-0.39, 0.29) is 5.92 Å². The van der Waals surface area contributed by atoms with Crippen molar-refractivity contribution in [2.24, 2.45) is 5.92 Å². The third-order valence-corrected chi connectivity index (χ3v) is 1.76. The Morgan fingerprint density at radius 1 is 1.64 bits per heavy atom. The summed E-state index contributed by atoms with van der Waals surface area (Å²) in [5.74, 6) is 0.248. The summed E-state index contributed by atoms with van der Waals surface area (Å²) in [4.78, 5) is 0. The Balaban J connectivity index is 3.92. The maximum absolute atomic E-state index is 7.32. The van der Waals surface area contributed by atoms with Crippen LogP contribution in [-0.4, -0.2) is 5.71 Å². The maximum atomic E-state index is 7.32. The van der Waals surface area contributed by atoms with Gasteiger partial charge < -0.3 is 5.41 Å². The average molecular weight is 151 g/mol. The summed E-state index contributed by atoms with van der Waals surface area (Å²) in [6.07, 6.45) is 5.01. The molecule has 0 rings (SSSR count). The lowest BCUT2D eigenvalue weighted by Gasteiger charge is -2.01. The van der Waals surface area contributed by atoms with Gasteiger partial charge in [0.2, 0.25) is 0 Å². The minimum atomic E-state index is 0.248. The number of allylic oxidation sites excluding steroid dienone is 3. The Morgan fingerprint density at radius 2 is 2.18 bits per heavy atom. The van der Waals surface area contributed by atoms with Crippen LogP contribution in [0.5, 0.6) is 0 Å². The molecule has 1 atom stereocenters. The van der Waals surface area contributed by atoms with E-state index in [2.05, 4.69) is 13.5 Å². The highest BCUT2D eigenvalue weighted by molar-refractivity contribution is 5.82. The number of rotatable bonds is 4. The summed E-state index contributed by atoms with van der Waals surface area (Å²) in [7, 11) is 0. The molecule has 0 spiro atoms. The largest absolute Gasteiger partial charge is 0.309 e. The van der Waals surface area contributed by atoms with E-state index >= 15 is 0 Å². The van der Waals surface area contributed by atoms with Crippen LogP contribution >= 0.6 is 0 Å². The molecule has 1 heteroatoms. The molecule has 0 saturated heterocycles. The summed E-state index contributed by atoms with van der Waals surface area (Å²) in [6.45, 7) is 9.76. The average Bonchev–Trinajstić information content (AvgIpc) is 1.99. The van der Waals surface area contributed by atoms with Crippen molar-refractivity contribution < 1.29 is 0 Å². The fraction of sp³-hybridized carbons (Fsp3) is 0.500. The van der Waals surface area contributed by atoms with Crippen molar-refractivity contribution in [3.05, 3.63) is 24.3 Å². The molecule has 0 aromatic rings. The minimum absolute atomic E-state index is 0.248. The lowest BCUT2D eigenvalue weighted by atomic mass is 10.1. The van der Waals surface area contributed by atoms with Crippen LogP contribution in [0.4, 0.5) is 0 Å². The number of nitrogens with one attached hydrogen (secondary N) is 1. The molecule has 0 aliphatic rings. The van der Waals surface area contributed by atoms with Gasteiger partial charge in [0.05, 0.1) is 0 Å². The molecule has 1 N–H and O–H groups in total. The van der Waals surface area contributed by atoms with E-state index in [0.29, 0.717) is 5.71 Å². The molecule has 0 amide bonds. The van der Waals surface area contributed by atoms with Crippen molar-refractivity contribution in [1.29, 1.82) is 5.41 Å². The highest BCUT2D eigenvalue weighted by Gasteiger charge is 1.96. The Labute approximate surface area is 69.3 Å². The van der Waals surface area contributed by atoms with Crippen LogP contribution in [0.3, 0.4) is 0 Å². The molecule has 0 aromatic heterocycles. The smallest absolute Gasteiger partial charge is 0.0124 e. The standard InChI is InChI=1S/C10H17N/c1-5-8(2)6-7-9(3)10(4)11/h6-7,9,11H,2,5H2,1,3-4H3/b7-6-,11-10?. The minimum Gasteiger partial charge on any atom is -0.309 e. The van der Waals surface area contributed by atoms with Gasteiger partial charge >= 0.3 is 0 Å². The van der Waals surface area contributed by atoms with E-state index in [1.807, 2.05) is 26.0 Å². The van der Waals surface area contributed by atoms with Gasteiger partial charge in [-0.25, -0.2) is 0 Å². The molecule has 11 heavy (non-hydrogen) atoms. The van der Waals surface area contributed by atoms with Crippen molar-refractivity contribution >= 4 is 5.71 Å². The molecule has 0 aliphatic heterocycles. The first-order valence-corrected chi connectivity index (χ1v) is 3.99. The highest BCUT2D eigenvalue weighted by Crippen LogP contribution is 2.04. The van der Waals surface area contributed by atoms with E-state index in [9.17, 15) is 0 Å². The van der Waals surface area contributed by atoms with Gasteiger partial charge in [0, 0.05) is 11.6 Å². The van der Waals surface area contributed by atoms with Crippen LogP contribution in [-0.2, 0) is 0 Å². The topological polar surface area (TPSA) is 23.9 Å². The fourth-order valence-electron chi connectivity index (χ4n) is 0.543. The first kappa shape index (κ1) is 10.2. The third kappa shape index (κ3) is 4.54. The van der Waals surface area contributed by atoms with Crippen LogP contribution in [0.15, 0.2) is 24.3 Å². The fourth-order valence-corrected chi connectivity index (χ4v) is 0.543. The van der Waals surface area contributed by atoms with E-state index in [0.717, 1.165) is 12.0 Å². The zero-order chi connectivity index (χ0) is 8.85. The van der Waals surface area contributed by atoms with Crippen molar-refractivity contribution in [3.8, 4) is 0 Å². The normalized spacial score (nSPS) is 13.4. The van der Waals surface area contributed by atoms with Crippen molar-refractivity contribution in [1.82, 2.24) is 0 Å². The summed E-state index contributed by atoms with van der Waals surface area (Å²) < 4.78 is 0. The molecule has 0 fully saturated rings. The third-order valence-electron chi connectivity index (χ3n) is 1.76. The van der Waals surface area contributed by atoms with Gasteiger partial charge in [-0.3, -0.25) is 0 Å². The summed E-state index contributed by atoms with van der Waals surface area (Å²) in [6, 6.07) is 0. The van der Waals surface area contributed by atoms with Gasteiger partial charge in [-0.2, -0.15) is 0 Å². The van der Waals surface area contributed by atoms with Gasteiger partial charge in [-0.15, -0.1) is 0 Å². The van der Waals surface area contributed by atoms with Crippen LogP contribution in [0.25, 0.3) is 0 Å². The molecule has 62 valence electrons. The molecule has 0 aliphatic carbocycles. The zero-order valence-corrected chi connectivity index (χ0v) is 7.65. The van der Waals surface area contributed by atoms with Crippen molar-refractivity contribution in [2.75, 3.05) is 0 Å². The van der Waals surface area contributed by atoms with Crippen LogP contribution in [0.1, 0.15) is 27.2 Å². The monoisotopic (exact) mass is 151 g/mol. The second kappa shape index (κ2) is 4.89.